The summed E-state index contributed by atoms with van der Waals surface area (Å²) >= 11 is 7.09. The lowest BCUT2D eigenvalue weighted by Crippen LogP contribution is -2.22. The van der Waals surface area contributed by atoms with Crippen LogP contribution in [0.2, 0.25) is 5.02 Å². The van der Waals surface area contributed by atoms with E-state index in [-0.39, 0.29) is 17.2 Å². The van der Waals surface area contributed by atoms with Crippen molar-refractivity contribution >= 4 is 55.8 Å². The van der Waals surface area contributed by atoms with E-state index in [0.29, 0.717) is 10.6 Å². The Bertz CT molecular complexity index is 1160. The summed E-state index contributed by atoms with van der Waals surface area (Å²) in [4.78, 5) is 37.5. The predicted molar refractivity (Wildman–Crippen MR) is 114 cm³/mol. The molecule has 0 radical (unpaired) electrons. The number of carbonyl (C=O) groups is 3. The van der Waals surface area contributed by atoms with Crippen LogP contribution < -0.4 is 10.5 Å². The number of benzene rings is 1. The molecule has 9 nitrogen and oxygen atoms in total. The molecule has 1 aliphatic rings. The van der Waals surface area contributed by atoms with E-state index < -0.39 is 39.4 Å². The first-order valence-corrected chi connectivity index (χ1v) is 12.0. The minimum Gasteiger partial charge on any atom is -0.462 e. The third-order valence-electron chi connectivity index (χ3n) is 4.46. The van der Waals surface area contributed by atoms with Crippen molar-refractivity contribution in [1.82, 2.24) is 0 Å². The van der Waals surface area contributed by atoms with Crippen molar-refractivity contribution in [2.75, 3.05) is 18.5 Å². The fourth-order valence-electron chi connectivity index (χ4n) is 3.14. The lowest BCUT2D eigenvalue weighted by molar-refractivity contribution is -0.119. The Morgan fingerprint density at radius 3 is 2.61 bits per heavy atom. The van der Waals surface area contributed by atoms with E-state index in [0.717, 1.165) is 35.8 Å². The Balaban J connectivity index is 1.69. The number of ether oxygens (including phenoxy) is 2. The molecule has 0 saturated heterocycles. The van der Waals surface area contributed by atoms with Crippen molar-refractivity contribution in [3.05, 3.63) is 44.8 Å². The van der Waals surface area contributed by atoms with E-state index in [1.807, 2.05) is 0 Å². The van der Waals surface area contributed by atoms with Gasteiger partial charge in [0.2, 0.25) is 10.0 Å². The second kappa shape index (κ2) is 9.35. The summed E-state index contributed by atoms with van der Waals surface area (Å²) in [5, 5.41) is 7.86. The van der Waals surface area contributed by atoms with Crippen LogP contribution >= 0.6 is 22.9 Å². The molecule has 0 spiro atoms. The van der Waals surface area contributed by atoms with Crippen molar-refractivity contribution in [2.24, 2.45) is 5.14 Å². The van der Waals surface area contributed by atoms with E-state index >= 15 is 0 Å². The third kappa shape index (κ3) is 5.24. The van der Waals surface area contributed by atoms with Crippen LogP contribution in [0.4, 0.5) is 5.00 Å². The Hall–Kier alpha value is -2.47. The van der Waals surface area contributed by atoms with Gasteiger partial charge < -0.3 is 14.8 Å². The molecule has 0 atom stereocenters. The molecule has 2 aromatic rings. The van der Waals surface area contributed by atoms with E-state index in [1.165, 1.54) is 23.5 Å². The number of primary sulfonamides is 1. The van der Waals surface area contributed by atoms with Gasteiger partial charge in [-0.05, 0) is 49.9 Å². The summed E-state index contributed by atoms with van der Waals surface area (Å²) in [6.45, 7) is 1.26. The third-order valence-corrected chi connectivity index (χ3v) is 7.06. The first-order valence-electron chi connectivity index (χ1n) is 9.22. The molecule has 0 fully saturated rings. The topological polar surface area (TPSA) is 142 Å². The normalized spacial score (nSPS) is 12.9. The van der Waals surface area contributed by atoms with Crippen molar-refractivity contribution in [1.29, 1.82) is 0 Å². The van der Waals surface area contributed by atoms with Crippen LogP contribution in [0.5, 0.6) is 0 Å². The van der Waals surface area contributed by atoms with Gasteiger partial charge in [-0.1, -0.05) is 11.6 Å². The fraction of sp³-hybridized carbons (Fsp3) is 0.316. The Morgan fingerprint density at radius 2 is 1.94 bits per heavy atom. The van der Waals surface area contributed by atoms with Gasteiger partial charge in [-0.2, -0.15) is 0 Å². The zero-order valence-electron chi connectivity index (χ0n) is 16.4. The van der Waals surface area contributed by atoms with Gasteiger partial charge in [-0.25, -0.2) is 23.1 Å². The molecule has 3 N–H and O–H groups in total. The van der Waals surface area contributed by atoms with Gasteiger partial charge in [0.05, 0.1) is 22.8 Å². The van der Waals surface area contributed by atoms with Crippen molar-refractivity contribution in [3.63, 3.8) is 0 Å². The summed E-state index contributed by atoms with van der Waals surface area (Å²) in [5.74, 6) is -2.10. The molecule has 1 aromatic heterocycles. The summed E-state index contributed by atoms with van der Waals surface area (Å²) in [7, 11) is -4.14. The maximum absolute atomic E-state index is 12.3. The van der Waals surface area contributed by atoms with Crippen molar-refractivity contribution in [2.45, 2.75) is 31.1 Å². The lowest BCUT2D eigenvalue weighted by Gasteiger charge is -2.09. The molecule has 0 aliphatic heterocycles. The number of hydrogen-bond donors (Lipinski definition) is 2. The summed E-state index contributed by atoms with van der Waals surface area (Å²) in [6.07, 6.45) is 2.48. The maximum atomic E-state index is 12.3. The van der Waals surface area contributed by atoms with Gasteiger partial charge in [0.15, 0.2) is 6.61 Å². The Morgan fingerprint density at radius 1 is 1.19 bits per heavy atom. The van der Waals surface area contributed by atoms with E-state index in [2.05, 4.69) is 5.32 Å². The molecule has 31 heavy (non-hydrogen) atoms. The summed E-state index contributed by atoms with van der Waals surface area (Å²) in [5.41, 5.74) is 1.09. The van der Waals surface area contributed by atoms with Gasteiger partial charge >= 0.3 is 11.9 Å². The molecule has 0 bridgehead atoms. The number of esters is 2. The minimum atomic E-state index is -4.14. The number of halogens is 1. The standard InChI is InChI=1S/C19H19ClN2O7S2/c1-2-28-19(25)16-11-4-3-5-13(11)30-17(16)22-15(23)9-29-18(24)10-6-7-12(20)14(8-10)31(21,26)27/h6-8H,2-5,9H2,1H3,(H,22,23)(H2,21,26,27). The van der Waals surface area contributed by atoms with Gasteiger partial charge in [0, 0.05) is 4.88 Å². The highest BCUT2D eigenvalue weighted by molar-refractivity contribution is 7.89. The van der Waals surface area contributed by atoms with Gasteiger partial charge in [0.1, 0.15) is 9.90 Å². The minimum absolute atomic E-state index is 0.136. The smallest absolute Gasteiger partial charge is 0.341 e. The average Bonchev–Trinajstić information content (AvgIpc) is 3.26. The van der Waals surface area contributed by atoms with Gasteiger partial charge in [-0.3, -0.25) is 4.79 Å². The number of thiophene rings is 1. The SMILES string of the molecule is CCOC(=O)c1c(NC(=O)COC(=O)c2ccc(Cl)c(S(N)(=O)=O)c2)sc2c1CCC2. The highest BCUT2D eigenvalue weighted by Crippen LogP contribution is 2.39. The lowest BCUT2D eigenvalue weighted by atomic mass is 10.1. The molecule has 12 heteroatoms. The molecule has 3 rings (SSSR count). The number of nitrogens with two attached hydrogens (primary N) is 1. The Labute approximate surface area is 187 Å². The zero-order chi connectivity index (χ0) is 22.8. The predicted octanol–water partition coefficient (Wildman–Crippen LogP) is 2.51. The van der Waals surface area contributed by atoms with Crippen LogP contribution in [-0.4, -0.2) is 39.5 Å². The molecular formula is C19H19ClN2O7S2. The number of anilines is 1. The number of sulfonamides is 1. The van der Waals surface area contributed by atoms with Crippen LogP contribution in [0.1, 0.15) is 44.5 Å². The summed E-state index contributed by atoms with van der Waals surface area (Å²) < 4.78 is 33.1. The number of fused-ring (bicyclic) bond motifs is 1. The van der Waals surface area contributed by atoms with Crippen LogP contribution in [0.25, 0.3) is 0 Å². The number of nitrogens with one attached hydrogen (secondary N) is 1. The molecule has 1 heterocycles. The first kappa shape index (κ1) is 23.2. The molecule has 1 amide bonds. The zero-order valence-corrected chi connectivity index (χ0v) is 18.8. The van der Waals surface area contributed by atoms with E-state index in [4.69, 9.17) is 26.2 Å². The molecular weight excluding hydrogens is 468 g/mol. The Kier molecular flexibility index (Phi) is 6.99. The molecule has 0 unspecified atom stereocenters. The molecule has 0 saturated carbocycles. The van der Waals surface area contributed by atoms with Crippen LogP contribution in [0, 0.1) is 0 Å². The number of hydrogen-bond acceptors (Lipinski definition) is 8. The number of carbonyl (C=O) groups excluding carboxylic acids is 3. The molecule has 166 valence electrons. The highest BCUT2D eigenvalue weighted by Gasteiger charge is 2.28. The average molecular weight is 487 g/mol. The number of amides is 1. The second-order valence-corrected chi connectivity index (χ2v) is 9.64. The van der Waals surface area contributed by atoms with Crippen molar-refractivity contribution in [3.8, 4) is 0 Å². The highest BCUT2D eigenvalue weighted by atomic mass is 35.5. The van der Waals surface area contributed by atoms with Crippen LogP contribution in [-0.2, 0) is 37.1 Å². The van der Waals surface area contributed by atoms with Crippen LogP contribution in [0.15, 0.2) is 23.1 Å². The van der Waals surface area contributed by atoms with Crippen molar-refractivity contribution < 1.29 is 32.3 Å². The monoisotopic (exact) mass is 486 g/mol. The molecule has 1 aromatic carbocycles. The van der Waals surface area contributed by atoms with E-state index in [9.17, 15) is 22.8 Å². The molecule has 1 aliphatic carbocycles. The van der Waals surface area contributed by atoms with Crippen LogP contribution in [0.3, 0.4) is 0 Å². The first-order chi connectivity index (χ1) is 14.6. The quantitative estimate of drug-likeness (QED) is 0.572. The summed E-state index contributed by atoms with van der Waals surface area (Å²) in [6, 6.07) is 3.41. The fourth-order valence-corrected chi connectivity index (χ4v) is 5.50. The van der Waals surface area contributed by atoms with Gasteiger partial charge in [0.25, 0.3) is 5.91 Å². The number of rotatable bonds is 7. The van der Waals surface area contributed by atoms with Gasteiger partial charge in [-0.15, -0.1) is 11.3 Å². The second-order valence-electron chi connectivity index (χ2n) is 6.60. The largest absolute Gasteiger partial charge is 0.462 e. The number of aryl methyl sites for hydroxylation is 1. The maximum Gasteiger partial charge on any atom is 0.341 e. The van der Waals surface area contributed by atoms with E-state index in [1.54, 1.807) is 6.92 Å².